The second-order valence-corrected chi connectivity index (χ2v) is 8.62. The predicted octanol–water partition coefficient (Wildman–Crippen LogP) is 6.07. The van der Waals surface area contributed by atoms with Crippen molar-refractivity contribution in [3.05, 3.63) is 75.8 Å². The quantitative estimate of drug-likeness (QED) is 0.408. The number of rotatable bonds is 4. The number of thiophene rings is 1. The van der Waals surface area contributed by atoms with Gasteiger partial charge in [-0.15, -0.1) is 11.3 Å². The van der Waals surface area contributed by atoms with Gasteiger partial charge in [0.2, 0.25) is 0 Å². The van der Waals surface area contributed by atoms with E-state index in [1.165, 1.54) is 16.9 Å². The van der Waals surface area contributed by atoms with E-state index in [2.05, 4.69) is 11.4 Å². The van der Waals surface area contributed by atoms with Gasteiger partial charge >= 0.3 is 0 Å². The number of hydrogen-bond acceptors (Lipinski definition) is 5. The molecule has 0 bridgehead atoms. The van der Waals surface area contributed by atoms with Gasteiger partial charge in [-0.2, -0.15) is 0 Å². The highest BCUT2D eigenvalue weighted by Crippen LogP contribution is 2.36. The van der Waals surface area contributed by atoms with Gasteiger partial charge in [0.1, 0.15) is 21.2 Å². The number of pyridine rings is 1. The number of nitrogens with zero attached hydrogens (tertiary/aromatic N) is 1. The van der Waals surface area contributed by atoms with Crippen LogP contribution >= 0.6 is 22.9 Å². The fourth-order valence-corrected chi connectivity index (χ4v) is 4.72. The molecule has 30 heavy (non-hydrogen) atoms. The number of nitrogens with one attached hydrogen (secondary N) is 1. The largest absolute Gasteiger partial charge is 0.457 e. The van der Waals surface area contributed by atoms with Crippen LogP contribution in [-0.2, 0) is 12.8 Å². The number of fused-ring (bicyclic) bond motifs is 2. The van der Waals surface area contributed by atoms with E-state index in [1.54, 1.807) is 48.5 Å². The number of nitrogen functional groups attached to an aromatic ring is 1. The Bertz CT molecular complexity index is 1250. The Hall–Kier alpha value is -3.09. The number of anilines is 2. The third-order valence-electron chi connectivity index (χ3n) is 5.12. The SMILES string of the molecule is Nc1c(C(=O)Nc2ccc(Oc3ccc(Cl)cc3)cc2)sc2nc3c(cc12)CCC3. The van der Waals surface area contributed by atoms with Crippen molar-refractivity contribution in [3.8, 4) is 11.5 Å². The summed E-state index contributed by atoms with van der Waals surface area (Å²) >= 11 is 7.23. The maximum absolute atomic E-state index is 12.8. The fraction of sp³-hybridized carbons (Fsp3) is 0.130. The molecular weight excluding hydrogens is 418 g/mol. The molecule has 2 aromatic heterocycles. The van der Waals surface area contributed by atoms with Crippen LogP contribution in [-0.4, -0.2) is 10.9 Å². The first-order valence-electron chi connectivity index (χ1n) is 9.62. The van der Waals surface area contributed by atoms with E-state index in [-0.39, 0.29) is 5.91 Å². The molecule has 5 nitrogen and oxygen atoms in total. The summed E-state index contributed by atoms with van der Waals surface area (Å²) in [6, 6.07) is 16.4. The van der Waals surface area contributed by atoms with E-state index in [0.29, 0.717) is 32.8 Å². The van der Waals surface area contributed by atoms with E-state index in [4.69, 9.17) is 27.1 Å². The first-order chi connectivity index (χ1) is 14.6. The number of nitrogens with two attached hydrogens (primary N) is 1. The number of carbonyl (C=O) groups excluding carboxylic acids is 1. The van der Waals surface area contributed by atoms with Gasteiger partial charge in [0.05, 0.1) is 5.69 Å². The highest BCUT2D eigenvalue weighted by atomic mass is 35.5. The minimum Gasteiger partial charge on any atom is -0.457 e. The molecule has 150 valence electrons. The van der Waals surface area contributed by atoms with Gasteiger partial charge in [-0.3, -0.25) is 4.79 Å². The number of amides is 1. The Morgan fingerprint density at radius 2 is 1.77 bits per heavy atom. The zero-order chi connectivity index (χ0) is 20.7. The number of benzene rings is 2. The number of hydrogen-bond donors (Lipinski definition) is 2. The van der Waals surface area contributed by atoms with Crippen LogP contribution < -0.4 is 15.8 Å². The van der Waals surface area contributed by atoms with Crippen molar-refractivity contribution in [1.82, 2.24) is 4.98 Å². The minimum atomic E-state index is -0.234. The lowest BCUT2D eigenvalue weighted by Gasteiger charge is -2.08. The number of halogens is 1. The molecule has 0 aliphatic heterocycles. The molecule has 2 heterocycles. The molecule has 0 radical (unpaired) electrons. The molecule has 0 unspecified atom stereocenters. The Morgan fingerprint density at radius 1 is 1.07 bits per heavy atom. The summed E-state index contributed by atoms with van der Waals surface area (Å²) < 4.78 is 5.78. The molecule has 0 saturated heterocycles. The molecule has 1 aliphatic carbocycles. The van der Waals surface area contributed by atoms with E-state index in [1.807, 2.05) is 0 Å². The maximum atomic E-state index is 12.8. The Balaban J connectivity index is 1.32. The van der Waals surface area contributed by atoms with Crippen LogP contribution in [0.2, 0.25) is 5.02 Å². The van der Waals surface area contributed by atoms with Crippen LogP contribution in [0.25, 0.3) is 10.2 Å². The summed E-state index contributed by atoms with van der Waals surface area (Å²) in [5, 5.41) is 4.43. The second-order valence-electron chi connectivity index (χ2n) is 7.18. The third-order valence-corrected chi connectivity index (χ3v) is 6.48. The van der Waals surface area contributed by atoms with Gasteiger partial charge in [-0.05, 0) is 79.4 Å². The van der Waals surface area contributed by atoms with Gasteiger partial charge in [-0.25, -0.2) is 4.98 Å². The summed E-state index contributed by atoms with van der Waals surface area (Å²) in [7, 11) is 0. The summed E-state index contributed by atoms with van der Waals surface area (Å²) in [5.74, 6) is 1.12. The van der Waals surface area contributed by atoms with Crippen molar-refractivity contribution in [3.63, 3.8) is 0 Å². The Morgan fingerprint density at radius 3 is 2.50 bits per heavy atom. The highest BCUT2D eigenvalue weighted by molar-refractivity contribution is 7.21. The van der Waals surface area contributed by atoms with Crippen molar-refractivity contribution >= 4 is 50.4 Å². The molecule has 0 fully saturated rings. The van der Waals surface area contributed by atoms with E-state index < -0.39 is 0 Å². The van der Waals surface area contributed by atoms with Crippen LogP contribution in [0.3, 0.4) is 0 Å². The number of ether oxygens (including phenoxy) is 1. The molecular formula is C23H18ClN3O2S. The van der Waals surface area contributed by atoms with E-state index in [0.717, 1.165) is 35.2 Å². The first-order valence-corrected chi connectivity index (χ1v) is 10.8. The predicted molar refractivity (Wildman–Crippen MR) is 122 cm³/mol. The van der Waals surface area contributed by atoms with Crippen LogP contribution in [0, 0.1) is 0 Å². The maximum Gasteiger partial charge on any atom is 0.267 e. The zero-order valence-electron chi connectivity index (χ0n) is 15.9. The van der Waals surface area contributed by atoms with Gasteiger partial charge in [0.15, 0.2) is 0 Å². The monoisotopic (exact) mass is 435 g/mol. The van der Waals surface area contributed by atoms with Gasteiger partial charge in [0, 0.05) is 21.8 Å². The van der Waals surface area contributed by atoms with Crippen molar-refractivity contribution in [2.45, 2.75) is 19.3 Å². The molecule has 3 N–H and O–H groups in total. The van der Waals surface area contributed by atoms with Crippen molar-refractivity contribution in [2.75, 3.05) is 11.1 Å². The van der Waals surface area contributed by atoms with Gasteiger partial charge in [-0.1, -0.05) is 11.6 Å². The van der Waals surface area contributed by atoms with Gasteiger partial charge < -0.3 is 15.8 Å². The average molecular weight is 436 g/mol. The lowest BCUT2D eigenvalue weighted by molar-refractivity contribution is 0.103. The first kappa shape index (κ1) is 18.9. The van der Waals surface area contributed by atoms with E-state index >= 15 is 0 Å². The molecule has 2 aromatic carbocycles. The molecule has 0 saturated carbocycles. The van der Waals surface area contributed by atoms with Crippen LogP contribution in [0.1, 0.15) is 27.3 Å². The summed E-state index contributed by atoms with van der Waals surface area (Å²) in [6.07, 6.45) is 3.15. The fourth-order valence-electron chi connectivity index (χ4n) is 3.60. The molecule has 0 spiro atoms. The number of carbonyl (C=O) groups is 1. The van der Waals surface area contributed by atoms with Crippen LogP contribution in [0.15, 0.2) is 54.6 Å². The average Bonchev–Trinajstić information content (AvgIpc) is 3.33. The third kappa shape index (κ3) is 3.60. The number of aryl methyl sites for hydroxylation is 2. The molecule has 7 heteroatoms. The van der Waals surface area contributed by atoms with Crippen LogP contribution in [0.4, 0.5) is 11.4 Å². The Kier molecular flexibility index (Phi) is 4.81. The summed E-state index contributed by atoms with van der Waals surface area (Å²) in [5.41, 5.74) is 9.83. The lowest BCUT2D eigenvalue weighted by Crippen LogP contribution is -2.11. The lowest BCUT2D eigenvalue weighted by atomic mass is 10.1. The smallest absolute Gasteiger partial charge is 0.267 e. The molecule has 5 rings (SSSR count). The molecule has 4 aromatic rings. The Labute approximate surface area is 182 Å². The topological polar surface area (TPSA) is 77.2 Å². The van der Waals surface area contributed by atoms with Crippen molar-refractivity contribution < 1.29 is 9.53 Å². The molecule has 1 aliphatic rings. The van der Waals surface area contributed by atoms with E-state index in [9.17, 15) is 4.79 Å². The molecule has 1 amide bonds. The highest BCUT2D eigenvalue weighted by Gasteiger charge is 2.21. The zero-order valence-corrected chi connectivity index (χ0v) is 17.5. The summed E-state index contributed by atoms with van der Waals surface area (Å²) in [4.78, 5) is 18.8. The molecule has 0 atom stereocenters. The minimum absolute atomic E-state index is 0.234. The van der Waals surface area contributed by atoms with Crippen molar-refractivity contribution in [2.24, 2.45) is 0 Å². The standard InChI is InChI=1S/C23H18ClN3O2S/c24-14-4-8-16(9-5-14)29-17-10-6-15(7-11-17)26-22(28)21-20(25)18-12-13-2-1-3-19(13)27-23(18)30-21/h4-12H,1-3,25H2,(H,26,28). The van der Waals surface area contributed by atoms with Gasteiger partial charge in [0.25, 0.3) is 5.91 Å². The second kappa shape index (κ2) is 7.63. The normalized spacial score (nSPS) is 12.7. The van der Waals surface area contributed by atoms with Crippen LogP contribution in [0.5, 0.6) is 11.5 Å². The number of aromatic nitrogens is 1. The van der Waals surface area contributed by atoms with Crippen molar-refractivity contribution in [1.29, 1.82) is 0 Å². The summed E-state index contributed by atoms with van der Waals surface area (Å²) in [6.45, 7) is 0.